The van der Waals surface area contributed by atoms with Gasteiger partial charge in [0.1, 0.15) is 5.60 Å². The molecule has 0 saturated heterocycles. The van der Waals surface area contributed by atoms with Crippen molar-refractivity contribution in [3.8, 4) is 0 Å². The molecule has 0 aliphatic heterocycles. The highest BCUT2D eigenvalue weighted by Crippen LogP contribution is 2.70. The van der Waals surface area contributed by atoms with Gasteiger partial charge in [-0.2, -0.15) is 0 Å². The Kier molecular flexibility index (Phi) is 1.85. The maximum absolute atomic E-state index is 10.7. The van der Waals surface area contributed by atoms with Crippen LogP contribution in [0.2, 0.25) is 0 Å². The summed E-state index contributed by atoms with van der Waals surface area (Å²) in [6.45, 7) is 6.43. The predicted octanol–water partition coefficient (Wildman–Crippen LogP) is 2.90. The van der Waals surface area contributed by atoms with Crippen LogP contribution in [0.4, 0.5) is 4.79 Å². The average Bonchev–Trinajstić information content (AvgIpc) is 2.45. The van der Waals surface area contributed by atoms with E-state index in [-0.39, 0.29) is 11.0 Å². The molecule has 2 saturated carbocycles. The van der Waals surface area contributed by atoms with Gasteiger partial charge in [0.15, 0.2) is 0 Å². The fourth-order valence-corrected chi connectivity index (χ4v) is 3.39. The normalized spacial score (nSPS) is 43.9. The van der Waals surface area contributed by atoms with Crippen LogP contribution in [0.1, 0.15) is 40.0 Å². The van der Waals surface area contributed by atoms with E-state index in [1.54, 1.807) is 0 Å². The van der Waals surface area contributed by atoms with Crippen molar-refractivity contribution in [1.82, 2.24) is 0 Å². The highest BCUT2D eigenvalue weighted by atomic mass is 16.7. The first-order chi connectivity index (χ1) is 6.40. The molecule has 14 heavy (non-hydrogen) atoms. The Bertz CT molecular complexity index is 272. The first-order valence-electron chi connectivity index (χ1n) is 5.32. The molecule has 2 aliphatic rings. The molecular weight excluding hydrogens is 180 g/mol. The molecular formula is C11H18O3. The average molecular weight is 198 g/mol. The van der Waals surface area contributed by atoms with Crippen molar-refractivity contribution >= 4 is 6.16 Å². The van der Waals surface area contributed by atoms with E-state index in [0.717, 1.165) is 12.8 Å². The van der Waals surface area contributed by atoms with E-state index in [9.17, 15) is 4.79 Å². The molecule has 3 nitrogen and oxygen atoms in total. The monoisotopic (exact) mass is 198 g/mol. The van der Waals surface area contributed by atoms with Crippen molar-refractivity contribution in [1.29, 1.82) is 0 Å². The van der Waals surface area contributed by atoms with Gasteiger partial charge in [-0.05, 0) is 18.8 Å². The second kappa shape index (κ2) is 2.65. The van der Waals surface area contributed by atoms with Crippen molar-refractivity contribution in [2.45, 2.75) is 45.6 Å². The number of hydrogen-bond acceptors (Lipinski definition) is 2. The van der Waals surface area contributed by atoms with Crippen molar-refractivity contribution in [2.75, 3.05) is 0 Å². The second-order valence-corrected chi connectivity index (χ2v) is 5.42. The highest BCUT2D eigenvalue weighted by molar-refractivity contribution is 5.59. The zero-order chi connectivity index (χ0) is 10.6. The lowest BCUT2D eigenvalue weighted by molar-refractivity contribution is -0.00375. The lowest BCUT2D eigenvalue weighted by atomic mass is 9.88. The summed E-state index contributed by atoms with van der Waals surface area (Å²) >= 11 is 0. The van der Waals surface area contributed by atoms with Gasteiger partial charge < -0.3 is 9.84 Å². The molecule has 80 valence electrons. The van der Waals surface area contributed by atoms with Crippen LogP contribution in [0.5, 0.6) is 0 Å². The molecule has 0 aromatic rings. The standard InChI is InChI=1S/C11H18O3/c1-7-4-5-8-10(2,3)11(8,6-7)14-9(12)13/h7-8H,4-6H2,1-3H3,(H,12,13). The lowest BCUT2D eigenvalue weighted by Gasteiger charge is -2.26. The third-order valence-corrected chi connectivity index (χ3v) is 4.31. The fourth-order valence-electron chi connectivity index (χ4n) is 3.39. The quantitative estimate of drug-likeness (QED) is 0.659. The minimum Gasteiger partial charge on any atom is -0.450 e. The maximum atomic E-state index is 10.7. The minimum absolute atomic E-state index is 0.0517. The SMILES string of the molecule is CC1CCC2C(C)(C)C2(OC(=O)O)C1. The van der Waals surface area contributed by atoms with Gasteiger partial charge in [-0.1, -0.05) is 27.2 Å². The molecule has 0 radical (unpaired) electrons. The maximum Gasteiger partial charge on any atom is 0.506 e. The third-order valence-electron chi connectivity index (χ3n) is 4.31. The largest absolute Gasteiger partial charge is 0.506 e. The van der Waals surface area contributed by atoms with Crippen molar-refractivity contribution in [3.63, 3.8) is 0 Å². The molecule has 0 spiro atoms. The van der Waals surface area contributed by atoms with E-state index in [2.05, 4.69) is 20.8 Å². The Morgan fingerprint density at radius 3 is 2.64 bits per heavy atom. The number of carbonyl (C=O) groups is 1. The Morgan fingerprint density at radius 2 is 2.07 bits per heavy atom. The van der Waals surface area contributed by atoms with Crippen LogP contribution in [0.25, 0.3) is 0 Å². The number of rotatable bonds is 1. The van der Waals surface area contributed by atoms with Crippen LogP contribution in [0.3, 0.4) is 0 Å². The van der Waals surface area contributed by atoms with Gasteiger partial charge in [0.2, 0.25) is 0 Å². The summed E-state index contributed by atoms with van der Waals surface area (Å²) in [5.74, 6) is 1.04. The topological polar surface area (TPSA) is 46.5 Å². The van der Waals surface area contributed by atoms with Crippen molar-refractivity contribution < 1.29 is 14.6 Å². The van der Waals surface area contributed by atoms with Crippen LogP contribution >= 0.6 is 0 Å². The molecule has 0 aromatic carbocycles. The minimum atomic E-state index is -1.12. The molecule has 0 aromatic heterocycles. The van der Waals surface area contributed by atoms with Gasteiger partial charge in [0.25, 0.3) is 0 Å². The Hall–Kier alpha value is -0.730. The lowest BCUT2D eigenvalue weighted by Crippen LogP contribution is -2.29. The molecule has 3 unspecified atom stereocenters. The van der Waals surface area contributed by atoms with Crippen LogP contribution in [0.15, 0.2) is 0 Å². The molecule has 2 aliphatic carbocycles. The van der Waals surface area contributed by atoms with Gasteiger partial charge in [0, 0.05) is 11.3 Å². The van der Waals surface area contributed by atoms with Crippen LogP contribution in [-0.4, -0.2) is 16.9 Å². The summed E-state index contributed by atoms with van der Waals surface area (Å²) in [5.41, 5.74) is -0.313. The number of fused-ring (bicyclic) bond motifs is 1. The molecule has 0 amide bonds. The summed E-state index contributed by atoms with van der Waals surface area (Å²) < 4.78 is 5.16. The zero-order valence-corrected chi connectivity index (χ0v) is 9.04. The van der Waals surface area contributed by atoms with Crippen LogP contribution in [-0.2, 0) is 4.74 Å². The van der Waals surface area contributed by atoms with E-state index in [1.165, 1.54) is 6.42 Å². The molecule has 2 rings (SSSR count). The summed E-state index contributed by atoms with van der Waals surface area (Å²) in [7, 11) is 0. The third kappa shape index (κ3) is 1.07. The first kappa shape index (κ1) is 9.81. The van der Waals surface area contributed by atoms with E-state index in [1.807, 2.05) is 0 Å². The molecule has 2 fully saturated rings. The predicted molar refractivity (Wildman–Crippen MR) is 52.1 cm³/mol. The van der Waals surface area contributed by atoms with Crippen molar-refractivity contribution in [2.24, 2.45) is 17.3 Å². The number of ether oxygens (including phenoxy) is 1. The molecule has 0 bridgehead atoms. The zero-order valence-electron chi connectivity index (χ0n) is 9.04. The first-order valence-corrected chi connectivity index (χ1v) is 5.32. The Labute approximate surface area is 84.4 Å². The number of carboxylic acid groups (broad SMARTS) is 1. The van der Waals surface area contributed by atoms with Gasteiger partial charge in [0.05, 0.1) is 0 Å². The summed E-state index contributed by atoms with van der Waals surface area (Å²) in [6, 6.07) is 0. The van der Waals surface area contributed by atoms with Crippen LogP contribution < -0.4 is 0 Å². The summed E-state index contributed by atoms with van der Waals surface area (Å²) in [6.07, 6.45) is 2.10. The highest BCUT2D eigenvalue weighted by Gasteiger charge is 2.75. The molecule has 3 heteroatoms. The van der Waals surface area contributed by atoms with Crippen molar-refractivity contribution in [3.05, 3.63) is 0 Å². The van der Waals surface area contributed by atoms with E-state index in [4.69, 9.17) is 9.84 Å². The Balaban J connectivity index is 2.19. The Morgan fingerprint density at radius 1 is 1.43 bits per heavy atom. The van der Waals surface area contributed by atoms with E-state index >= 15 is 0 Å². The van der Waals surface area contributed by atoms with Gasteiger partial charge in [-0.3, -0.25) is 0 Å². The van der Waals surface area contributed by atoms with Crippen LogP contribution in [0, 0.1) is 17.3 Å². The summed E-state index contributed by atoms with van der Waals surface area (Å²) in [5, 5.41) is 8.75. The van der Waals surface area contributed by atoms with Gasteiger partial charge in [-0.15, -0.1) is 0 Å². The second-order valence-electron chi connectivity index (χ2n) is 5.42. The smallest absolute Gasteiger partial charge is 0.450 e. The van der Waals surface area contributed by atoms with E-state index in [0.29, 0.717) is 11.8 Å². The van der Waals surface area contributed by atoms with Gasteiger partial charge in [-0.25, -0.2) is 4.79 Å². The molecule has 3 atom stereocenters. The van der Waals surface area contributed by atoms with E-state index < -0.39 is 6.16 Å². The molecule has 1 N–H and O–H groups in total. The molecule has 0 heterocycles. The number of hydrogen-bond donors (Lipinski definition) is 1. The summed E-state index contributed by atoms with van der Waals surface area (Å²) in [4.78, 5) is 10.7. The fraction of sp³-hybridized carbons (Fsp3) is 0.909. The van der Waals surface area contributed by atoms with Gasteiger partial charge >= 0.3 is 6.16 Å².